The van der Waals surface area contributed by atoms with Crippen molar-refractivity contribution >= 4 is 27.7 Å². The third-order valence-electron chi connectivity index (χ3n) is 2.88. The number of carbonyl (C=O) groups is 1. The zero-order valence-corrected chi connectivity index (χ0v) is 13.9. The molecule has 6 nitrogen and oxygen atoms in total. The van der Waals surface area contributed by atoms with E-state index in [1.807, 2.05) is 12.1 Å². The Kier molecular flexibility index (Phi) is 6.60. The lowest BCUT2D eigenvalue weighted by Gasteiger charge is -2.22. The van der Waals surface area contributed by atoms with E-state index in [1.54, 1.807) is 17.0 Å². The van der Waals surface area contributed by atoms with Crippen molar-refractivity contribution in [3.63, 3.8) is 0 Å². The van der Waals surface area contributed by atoms with Crippen molar-refractivity contribution < 1.29 is 13.2 Å². The van der Waals surface area contributed by atoms with Crippen molar-refractivity contribution in [2.24, 2.45) is 0 Å². The summed E-state index contributed by atoms with van der Waals surface area (Å²) in [5.41, 5.74) is 0.935. The zero-order valence-electron chi connectivity index (χ0n) is 12.3. The van der Waals surface area contributed by atoms with Crippen LogP contribution in [0.4, 0.5) is 0 Å². The van der Waals surface area contributed by atoms with E-state index in [2.05, 4.69) is 4.72 Å². The Bertz CT molecular complexity index is 573. The van der Waals surface area contributed by atoms with Crippen LogP contribution < -0.4 is 4.72 Å². The van der Waals surface area contributed by atoms with Crippen molar-refractivity contribution in [2.45, 2.75) is 13.5 Å². The molecule has 1 amide bonds. The molecule has 0 saturated carbocycles. The standard InChI is InChI=1S/C13H20ClN3O3S/c1-11(18)17(9-8-15-21(19,20)16(2)3)10-12-4-6-13(14)7-5-12/h4-7,15H,8-10H2,1-3H3. The molecule has 0 aromatic heterocycles. The fourth-order valence-corrected chi connectivity index (χ4v) is 2.33. The van der Waals surface area contributed by atoms with Crippen molar-refractivity contribution in [3.8, 4) is 0 Å². The summed E-state index contributed by atoms with van der Waals surface area (Å²) in [4.78, 5) is 13.2. The van der Waals surface area contributed by atoms with E-state index >= 15 is 0 Å². The number of nitrogens with one attached hydrogen (secondary N) is 1. The van der Waals surface area contributed by atoms with Gasteiger partial charge < -0.3 is 4.90 Å². The smallest absolute Gasteiger partial charge is 0.278 e. The second kappa shape index (κ2) is 7.74. The van der Waals surface area contributed by atoms with Gasteiger partial charge in [-0.3, -0.25) is 4.79 Å². The maximum Gasteiger partial charge on any atom is 0.278 e. The molecule has 0 heterocycles. The predicted octanol–water partition coefficient (Wildman–Crippen LogP) is 1.08. The van der Waals surface area contributed by atoms with Crippen LogP contribution in [0.1, 0.15) is 12.5 Å². The maximum atomic E-state index is 11.6. The Labute approximate surface area is 130 Å². The highest BCUT2D eigenvalue weighted by atomic mass is 35.5. The first-order valence-corrected chi connectivity index (χ1v) is 8.21. The van der Waals surface area contributed by atoms with Crippen LogP contribution in [0.25, 0.3) is 0 Å². The van der Waals surface area contributed by atoms with Gasteiger partial charge in [0.2, 0.25) is 5.91 Å². The predicted molar refractivity (Wildman–Crippen MR) is 83.2 cm³/mol. The van der Waals surface area contributed by atoms with E-state index in [0.29, 0.717) is 18.1 Å². The topological polar surface area (TPSA) is 69.7 Å². The summed E-state index contributed by atoms with van der Waals surface area (Å²) < 4.78 is 26.7. The van der Waals surface area contributed by atoms with Gasteiger partial charge in [-0.15, -0.1) is 0 Å². The molecule has 0 aliphatic heterocycles. The van der Waals surface area contributed by atoms with Crippen LogP contribution in [0.2, 0.25) is 5.02 Å². The Balaban J connectivity index is 2.59. The molecule has 0 saturated heterocycles. The van der Waals surface area contributed by atoms with Gasteiger partial charge in [-0.1, -0.05) is 23.7 Å². The molecule has 0 spiro atoms. The van der Waals surface area contributed by atoms with E-state index < -0.39 is 10.2 Å². The molecule has 0 unspecified atom stereocenters. The van der Waals surface area contributed by atoms with Crippen LogP contribution in [-0.4, -0.2) is 50.7 Å². The molecule has 8 heteroatoms. The molecule has 0 aliphatic carbocycles. The molecule has 1 aromatic rings. The van der Waals surface area contributed by atoms with Crippen molar-refractivity contribution in [1.29, 1.82) is 0 Å². The molecule has 1 N–H and O–H groups in total. The van der Waals surface area contributed by atoms with E-state index in [0.717, 1.165) is 9.87 Å². The minimum atomic E-state index is -3.47. The molecule has 0 atom stereocenters. The number of amides is 1. The summed E-state index contributed by atoms with van der Waals surface area (Å²) in [7, 11) is -0.584. The van der Waals surface area contributed by atoms with E-state index in [4.69, 9.17) is 11.6 Å². The molecule has 21 heavy (non-hydrogen) atoms. The number of rotatable bonds is 7. The molecular formula is C13H20ClN3O3S. The third-order valence-corrected chi connectivity index (χ3v) is 4.66. The second-order valence-electron chi connectivity index (χ2n) is 4.75. The summed E-state index contributed by atoms with van der Waals surface area (Å²) in [5, 5.41) is 0.631. The van der Waals surface area contributed by atoms with Crippen LogP contribution in [0.15, 0.2) is 24.3 Å². The molecular weight excluding hydrogens is 314 g/mol. The summed E-state index contributed by atoms with van der Waals surface area (Å²) >= 11 is 5.81. The minimum absolute atomic E-state index is 0.117. The number of hydrogen-bond donors (Lipinski definition) is 1. The fourth-order valence-electron chi connectivity index (χ4n) is 1.60. The van der Waals surface area contributed by atoms with Gasteiger partial charge in [-0.2, -0.15) is 12.7 Å². The summed E-state index contributed by atoms with van der Waals surface area (Å²) in [6.07, 6.45) is 0. The van der Waals surface area contributed by atoms with Gasteiger partial charge in [0, 0.05) is 45.7 Å². The molecule has 1 rings (SSSR count). The number of nitrogens with zero attached hydrogens (tertiary/aromatic N) is 2. The highest BCUT2D eigenvalue weighted by Gasteiger charge is 2.14. The van der Waals surface area contributed by atoms with Gasteiger partial charge in [0.15, 0.2) is 0 Å². The largest absolute Gasteiger partial charge is 0.337 e. The molecule has 118 valence electrons. The van der Waals surface area contributed by atoms with E-state index in [1.165, 1.54) is 21.0 Å². The second-order valence-corrected chi connectivity index (χ2v) is 7.15. The fraction of sp³-hybridized carbons (Fsp3) is 0.462. The third kappa shape index (κ3) is 6.01. The van der Waals surface area contributed by atoms with E-state index in [-0.39, 0.29) is 12.5 Å². The zero-order chi connectivity index (χ0) is 16.0. The van der Waals surface area contributed by atoms with E-state index in [9.17, 15) is 13.2 Å². The van der Waals surface area contributed by atoms with Crippen LogP contribution >= 0.6 is 11.6 Å². The first-order valence-electron chi connectivity index (χ1n) is 6.39. The quantitative estimate of drug-likeness (QED) is 0.812. The van der Waals surface area contributed by atoms with Gasteiger partial charge in [-0.25, -0.2) is 4.72 Å². The van der Waals surface area contributed by atoms with Crippen molar-refractivity contribution in [1.82, 2.24) is 13.9 Å². The van der Waals surface area contributed by atoms with Gasteiger partial charge in [0.25, 0.3) is 10.2 Å². The molecule has 0 radical (unpaired) electrons. The van der Waals surface area contributed by atoms with Gasteiger partial charge in [0.05, 0.1) is 0 Å². The Morgan fingerprint density at radius 3 is 2.29 bits per heavy atom. The highest BCUT2D eigenvalue weighted by molar-refractivity contribution is 7.87. The normalized spacial score (nSPS) is 11.7. The molecule has 0 aliphatic rings. The lowest BCUT2D eigenvalue weighted by molar-refractivity contribution is -0.129. The van der Waals surface area contributed by atoms with Crippen LogP contribution in [-0.2, 0) is 21.5 Å². The summed E-state index contributed by atoms with van der Waals surface area (Å²) in [6, 6.07) is 7.18. The Morgan fingerprint density at radius 1 is 1.24 bits per heavy atom. The molecule has 1 aromatic carbocycles. The van der Waals surface area contributed by atoms with Crippen LogP contribution in [0.5, 0.6) is 0 Å². The first kappa shape index (κ1) is 17.9. The molecule has 0 fully saturated rings. The van der Waals surface area contributed by atoms with Crippen LogP contribution in [0.3, 0.4) is 0 Å². The highest BCUT2D eigenvalue weighted by Crippen LogP contribution is 2.11. The Morgan fingerprint density at radius 2 is 1.81 bits per heavy atom. The SMILES string of the molecule is CC(=O)N(CCNS(=O)(=O)N(C)C)Cc1ccc(Cl)cc1. The first-order chi connectivity index (χ1) is 9.72. The number of carbonyl (C=O) groups excluding carboxylic acids is 1. The number of benzene rings is 1. The lowest BCUT2D eigenvalue weighted by Crippen LogP contribution is -2.41. The monoisotopic (exact) mass is 333 g/mol. The summed E-state index contributed by atoms with van der Waals surface area (Å²) in [5.74, 6) is -0.117. The van der Waals surface area contributed by atoms with Crippen molar-refractivity contribution in [2.75, 3.05) is 27.2 Å². The van der Waals surface area contributed by atoms with Gasteiger partial charge >= 0.3 is 0 Å². The molecule has 0 bridgehead atoms. The lowest BCUT2D eigenvalue weighted by atomic mass is 10.2. The average molecular weight is 334 g/mol. The minimum Gasteiger partial charge on any atom is -0.337 e. The van der Waals surface area contributed by atoms with Gasteiger partial charge in [0.1, 0.15) is 0 Å². The number of halogens is 1. The average Bonchev–Trinajstić information content (AvgIpc) is 2.39. The van der Waals surface area contributed by atoms with Gasteiger partial charge in [-0.05, 0) is 17.7 Å². The summed E-state index contributed by atoms with van der Waals surface area (Å²) in [6.45, 7) is 2.32. The number of hydrogen-bond acceptors (Lipinski definition) is 3. The van der Waals surface area contributed by atoms with Crippen LogP contribution in [0, 0.1) is 0 Å². The van der Waals surface area contributed by atoms with Crippen molar-refractivity contribution in [3.05, 3.63) is 34.9 Å². The maximum absolute atomic E-state index is 11.6. The Hall–Kier alpha value is -1.15.